The lowest BCUT2D eigenvalue weighted by Gasteiger charge is -2.29. The summed E-state index contributed by atoms with van der Waals surface area (Å²) in [7, 11) is 0. The van der Waals surface area contributed by atoms with Gasteiger partial charge in [-0.15, -0.1) is 0 Å². The molecule has 0 unspecified atom stereocenters. The van der Waals surface area contributed by atoms with Crippen LogP contribution in [0.4, 0.5) is 0 Å². The Morgan fingerprint density at radius 2 is 1.26 bits per heavy atom. The standard InChI is InChI=1S/C16H14Cl2O/c17-14-6-2-12(3-7-14)16(10-1-11-19-16)13-4-8-15(18)9-5-13/h2-9H,1,10-11H2. The smallest absolute Gasteiger partial charge is 0.118 e. The first-order valence-corrected chi connectivity index (χ1v) is 7.12. The SMILES string of the molecule is Clc1ccc(C2(c3ccc(Cl)cc3)CCCO2)cc1. The maximum Gasteiger partial charge on any atom is 0.118 e. The van der Waals surface area contributed by atoms with Crippen LogP contribution in [0, 0.1) is 0 Å². The maximum absolute atomic E-state index is 6.11. The molecule has 3 heteroatoms. The molecule has 0 radical (unpaired) electrons. The molecule has 0 N–H and O–H groups in total. The van der Waals surface area contributed by atoms with Crippen LogP contribution in [-0.4, -0.2) is 6.61 Å². The summed E-state index contributed by atoms with van der Waals surface area (Å²) < 4.78 is 6.11. The van der Waals surface area contributed by atoms with Crippen molar-refractivity contribution >= 4 is 23.2 Å². The van der Waals surface area contributed by atoms with Crippen LogP contribution < -0.4 is 0 Å². The Balaban J connectivity index is 2.08. The van der Waals surface area contributed by atoms with Crippen molar-refractivity contribution in [3.05, 3.63) is 69.7 Å². The second-order valence-corrected chi connectivity index (χ2v) is 5.67. The Morgan fingerprint density at radius 3 is 1.63 bits per heavy atom. The highest BCUT2D eigenvalue weighted by Gasteiger charge is 2.38. The van der Waals surface area contributed by atoms with Gasteiger partial charge in [-0.1, -0.05) is 47.5 Å². The van der Waals surface area contributed by atoms with Crippen molar-refractivity contribution in [3.8, 4) is 0 Å². The molecule has 98 valence electrons. The molecule has 1 nitrogen and oxygen atoms in total. The molecule has 2 aromatic rings. The van der Waals surface area contributed by atoms with E-state index in [1.807, 2.05) is 48.5 Å². The highest BCUT2D eigenvalue weighted by Crippen LogP contribution is 2.42. The quantitative estimate of drug-likeness (QED) is 0.753. The molecule has 1 fully saturated rings. The minimum absolute atomic E-state index is 0.352. The number of benzene rings is 2. The van der Waals surface area contributed by atoms with E-state index in [4.69, 9.17) is 27.9 Å². The Kier molecular flexibility index (Phi) is 3.53. The van der Waals surface area contributed by atoms with Crippen molar-refractivity contribution < 1.29 is 4.74 Å². The van der Waals surface area contributed by atoms with E-state index in [2.05, 4.69) is 0 Å². The average Bonchev–Trinajstić information content (AvgIpc) is 2.91. The molecule has 0 aromatic heterocycles. The molecule has 1 aliphatic heterocycles. The van der Waals surface area contributed by atoms with Gasteiger partial charge in [-0.05, 0) is 48.2 Å². The van der Waals surface area contributed by atoms with Gasteiger partial charge in [-0.25, -0.2) is 0 Å². The van der Waals surface area contributed by atoms with E-state index in [9.17, 15) is 0 Å². The molecule has 0 atom stereocenters. The first-order valence-electron chi connectivity index (χ1n) is 6.37. The third-order valence-corrected chi connectivity index (χ3v) is 4.15. The minimum Gasteiger partial charge on any atom is -0.366 e. The van der Waals surface area contributed by atoms with Crippen molar-refractivity contribution in [2.75, 3.05) is 6.61 Å². The zero-order valence-electron chi connectivity index (χ0n) is 10.4. The van der Waals surface area contributed by atoms with Gasteiger partial charge in [0, 0.05) is 16.7 Å². The summed E-state index contributed by atoms with van der Waals surface area (Å²) >= 11 is 11.9. The van der Waals surface area contributed by atoms with E-state index in [1.165, 1.54) is 0 Å². The predicted molar refractivity (Wildman–Crippen MR) is 78.9 cm³/mol. The lowest BCUT2D eigenvalue weighted by molar-refractivity contribution is 0.0360. The Morgan fingerprint density at radius 1 is 0.789 bits per heavy atom. The summed E-state index contributed by atoms with van der Waals surface area (Å²) in [6, 6.07) is 15.8. The molecule has 2 aromatic carbocycles. The molecular weight excluding hydrogens is 279 g/mol. The highest BCUT2D eigenvalue weighted by molar-refractivity contribution is 6.30. The Labute approximate surface area is 123 Å². The van der Waals surface area contributed by atoms with E-state index in [0.717, 1.165) is 40.6 Å². The largest absolute Gasteiger partial charge is 0.366 e. The fourth-order valence-corrected chi connectivity index (χ4v) is 2.95. The second-order valence-electron chi connectivity index (χ2n) is 4.79. The normalized spacial score (nSPS) is 17.6. The molecule has 19 heavy (non-hydrogen) atoms. The van der Waals surface area contributed by atoms with Gasteiger partial charge in [0.1, 0.15) is 5.60 Å². The van der Waals surface area contributed by atoms with Crippen LogP contribution in [0.1, 0.15) is 24.0 Å². The zero-order valence-corrected chi connectivity index (χ0v) is 11.9. The van der Waals surface area contributed by atoms with Crippen LogP contribution in [0.3, 0.4) is 0 Å². The van der Waals surface area contributed by atoms with Gasteiger partial charge in [0.25, 0.3) is 0 Å². The molecule has 0 saturated carbocycles. The molecule has 1 aliphatic rings. The van der Waals surface area contributed by atoms with Crippen molar-refractivity contribution in [1.29, 1.82) is 0 Å². The fourth-order valence-electron chi connectivity index (χ4n) is 2.70. The van der Waals surface area contributed by atoms with Gasteiger partial charge in [-0.3, -0.25) is 0 Å². The summed E-state index contributed by atoms with van der Waals surface area (Å²) in [5.74, 6) is 0. The van der Waals surface area contributed by atoms with Gasteiger partial charge >= 0.3 is 0 Å². The summed E-state index contributed by atoms with van der Waals surface area (Å²) in [5, 5.41) is 1.49. The number of rotatable bonds is 2. The van der Waals surface area contributed by atoms with E-state index in [0.29, 0.717) is 0 Å². The Hall–Kier alpha value is -1.02. The first kappa shape index (κ1) is 13.0. The molecular formula is C16H14Cl2O. The average molecular weight is 293 g/mol. The monoisotopic (exact) mass is 292 g/mol. The summed E-state index contributed by atoms with van der Waals surface area (Å²) in [4.78, 5) is 0. The van der Waals surface area contributed by atoms with E-state index in [1.54, 1.807) is 0 Å². The Bertz CT molecular complexity index is 507. The van der Waals surface area contributed by atoms with Gasteiger partial charge < -0.3 is 4.74 Å². The molecule has 1 saturated heterocycles. The van der Waals surface area contributed by atoms with Crippen molar-refractivity contribution in [1.82, 2.24) is 0 Å². The van der Waals surface area contributed by atoms with Gasteiger partial charge in [0.2, 0.25) is 0 Å². The second kappa shape index (κ2) is 5.16. The molecule has 0 aliphatic carbocycles. The number of halogens is 2. The van der Waals surface area contributed by atoms with E-state index >= 15 is 0 Å². The third-order valence-electron chi connectivity index (χ3n) is 3.64. The number of ether oxygens (including phenoxy) is 1. The molecule has 0 amide bonds. The lowest BCUT2D eigenvalue weighted by Crippen LogP contribution is -2.26. The number of hydrogen-bond donors (Lipinski definition) is 0. The fraction of sp³-hybridized carbons (Fsp3) is 0.250. The van der Waals surface area contributed by atoms with Crippen LogP contribution in [0.15, 0.2) is 48.5 Å². The lowest BCUT2D eigenvalue weighted by atomic mass is 9.84. The summed E-state index contributed by atoms with van der Waals surface area (Å²) in [5.41, 5.74) is 1.95. The van der Waals surface area contributed by atoms with Gasteiger partial charge in [0.15, 0.2) is 0 Å². The van der Waals surface area contributed by atoms with Crippen molar-refractivity contribution in [2.24, 2.45) is 0 Å². The third kappa shape index (κ3) is 2.38. The first-order chi connectivity index (χ1) is 9.21. The molecule has 0 bridgehead atoms. The van der Waals surface area contributed by atoms with Gasteiger partial charge in [0.05, 0.1) is 0 Å². The minimum atomic E-state index is -0.352. The van der Waals surface area contributed by atoms with E-state index < -0.39 is 0 Å². The zero-order chi connectivity index (χ0) is 13.3. The maximum atomic E-state index is 6.11. The molecule has 0 spiro atoms. The summed E-state index contributed by atoms with van der Waals surface area (Å²) in [6.45, 7) is 0.783. The van der Waals surface area contributed by atoms with Crippen molar-refractivity contribution in [3.63, 3.8) is 0 Å². The topological polar surface area (TPSA) is 9.23 Å². The van der Waals surface area contributed by atoms with Crippen LogP contribution in [0.2, 0.25) is 10.0 Å². The van der Waals surface area contributed by atoms with Crippen molar-refractivity contribution in [2.45, 2.75) is 18.4 Å². The number of hydrogen-bond acceptors (Lipinski definition) is 1. The molecule has 1 heterocycles. The van der Waals surface area contributed by atoms with Crippen LogP contribution >= 0.6 is 23.2 Å². The predicted octanol–water partition coefficient (Wildman–Crippen LogP) is 5.05. The van der Waals surface area contributed by atoms with E-state index in [-0.39, 0.29) is 5.60 Å². The van der Waals surface area contributed by atoms with Crippen LogP contribution in [-0.2, 0) is 10.3 Å². The van der Waals surface area contributed by atoms with Crippen LogP contribution in [0.25, 0.3) is 0 Å². The molecule has 3 rings (SSSR count). The summed E-state index contributed by atoms with van der Waals surface area (Å²) in [6.07, 6.45) is 2.04. The van der Waals surface area contributed by atoms with Gasteiger partial charge in [-0.2, -0.15) is 0 Å². The highest BCUT2D eigenvalue weighted by atomic mass is 35.5. The van der Waals surface area contributed by atoms with Crippen LogP contribution in [0.5, 0.6) is 0 Å².